The van der Waals surface area contributed by atoms with Crippen LogP contribution < -0.4 is 0 Å². The van der Waals surface area contributed by atoms with Gasteiger partial charge in [0, 0.05) is 49.0 Å². The Bertz CT molecular complexity index is 4440. The van der Waals surface area contributed by atoms with Gasteiger partial charge in [0.1, 0.15) is 0 Å². The minimum atomic E-state index is -0.0921. The molecule has 13 aromatic rings. The second-order valence-electron chi connectivity index (χ2n) is 30.8. The summed E-state index contributed by atoms with van der Waals surface area (Å²) in [6, 6.07) is 68.7. The normalized spacial score (nSPS) is 13.2. The minimum Gasteiger partial charge on any atom is -0.307 e. The van der Waals surface area contributed by atoms with Gasteiger partial charge in [-0.2, -0.15) is 0 Å². The highest BCUT2D eigenvalue weighted by atomic mass is 15.1. The van der Waals surface area contributed by atoms with Crippen LogP contribution in [0.15, 0.2) is 182 Å². The van der Waals surface area contributed by atoms with Crippen molar-refractivity contribution in [3.8, 4) is 51.2 Å². The Kier molecular flexibility index (Phi) is 13.2. The smallest absolute Gasteiger partial charge is 0.164 e. The third-order valence-corrected chi connectivity index (χ3v) is 18.2. The Morgan fingerprint density at radius 2 is 0.448 bits per heavy atom. The molecular formula is C81H84N6. The summed E-state index contributed by atoms with van der Waals surface area (Å²) in [5.41, 5.74) is 19.7. The third-order valence-electron chi connectivity index (χ3n) is 18.2. The van der Waals surface area contributed by atoms with Crippen molar-refractivity contribution in [2.24, 2.45) is 0 Å². The van der Waals surface area contributed by atoms with Crippen molar-refractivity contribution in [1.29, 1.82) is 0 Å². The predicted molar refractivity (Wildman–Crippen MR) is 371 cm³/mol. The first-order valence-electron chi connectivity index (χ1n) is 31.3. The van der Waals surface area contributed by atoms with Crippen molar-refractivity contribution in [1.82, 2.24) is 28.7 Å². The molecule has 0 spiro atoms. The molecule has 0 saturated carbocycles. The Morgan fingerprint density at radius 1 is 0.230 bits per heavy atom. The summed E-state index contributed by atoms with van der Waals surface area (Å²) < 4.78 is 7.74. The van der Waals surface area contributed by atoms with Crippen molar-refractivity contribution in [3.05, 3.63) is 215 Å². The molecule has 0 aliphatic heterocycles. The van der Waals surface area contributed by atoms with Crippen LogP contribution in [0.4, 0.5) is 0 Å². The molecule has 438 valence electrons. The van der Waals surface area contributed by atoms with E-state index >= 15 is 0 Å². The van der Waals surface area contributed by atoms with E-state index in [1.54, 1.807) is 0 Å². The fourth-order valence-corrected chi connectivity index (χ4v) is 12.9. The summed E-state index contributed by atoms with van der Waals surface area (Å²) in [5, 5.41) is 7.31. The summed E-state index contributed by atoms with van der Waals surface area (Å²) in [5.74, 6) is 1.81. The van der Waals surface area contributed by atoms with Crippen LogP contribution in [-0.2, 0) is 32.5 Å². The van der Waals surface area contributed by atoms with E-state index in [0.717, 1.165) is 66.9 Å². The fourth-order valence-electron chi connectivity index (χ4n) is 12.9. The molecule has 13 rings (SSSR count). The number of rotatable bonds is 6. The molecule has 0 unspecified atom stereocenters. The molecule has 6 nitrogen and oxygen atoms in total. The van der Waals surface area contributed by atoms with E-state index in [4.69, 9.17) is 15.0 Å². The van der Waals surface area contributed by atoms with Crippen molar-refractivity contribution in [3.63, 3.8) is 0 Å². The van der Waals surface area contributed by atoms with Crippen LogP contribution in [-0.4, -0.2) is 28.7 Å². The van der Waals surface area contributed by atoms with E-state index in [0.29, 0.717) is 17.5 Å². The Morgan fingerprint density at radius 3 is 0.678 bits per heavy atom. The highest BCUT2D eigenvalue weighted by Crippen LogP contribution is 2.48. The fraction of sp³-hybridized carbons (Fsp3) is 0.296. The maximum atomic E-state index is 5.56. The second kappa shape index (κ2) is 20.0. The van der Waals surface area contributed by atoms with Crippen molar-refractivity contribution < 1.29 is 0 Å². The minimum absolute atomic E-state index is 0.0917. The van der Waals surface area contributed by atoms with Gasteiger partial charge in [0.25, 0.3) is 0 Å². The highest BCUT2D eigenvalue weighted by molar-refractivity contribution is 6.14. The van der Waals surface area contributed by atoms with Crippen LogP contribution in [0.1, 0.15) is 158 Å². The Balaban J connectivity index is 1.30. The lowest BCUT2D eigenvalue weighted by Gasteiger charge is -2.25. The van der Waals surface area contributed by atoms with E-state index in [1.165, 1.54) is 65.7 Å². The predicted octanol–water partition coefficient (Wildman–Crippen LogP) is 21.9. The lowest BCUT2D eigenvalue weighted by Crippen LogP contribution is -2.13. The average molecular weight is 1140 g/mol. The summed E-state index contributed by atoms with van der Waals surface area (Å²) in [6.07, 6.45) is 0. The zero-order valence-electron chi connectivity index (χ0n) is 54.5. The van der Waals surface area contributed by atoms with E-state index in [9.17, 15) is 0 Å². The maximum absolute atomic E-state index is 5.56. The molecule has 9 aromatic carbocycles. The van der Waals surface area contributed by atoms with Crippen molar-refractivity contribution in [2.45, 2.75) is 157 Å². The molecule has 0 saturated heterocycles. The molecule has 0 radical (unpaired) electrons. The van der Waals surface area contributed by atoms with Gasteiger partial charge in [0.05, 0.1) is 50.2 Å². The van der Waals surface area contributed by atoms with Crippen LogP contribution >= 0.6 is 0 Å². The first-order chi connectivity index (χ1) is 40.9. The summed E-state index contributed by atoms with van der Waals surface area (Å²) >= 11 is 0. The summed E-state index contributed by atoms with van der Waals surface area (Å²) in [6.45, 7) is 41.8. The Labute approximate surface area is 515 Å². The molecule has 0 amide bonds. The van der Waals surface area contributed by atoms with Gasteiger partial charge in [-0.15, -0.1) is 0 Å². The molecule has 87 heavy (non-hydrogen) atoms. The average Bonchev–Trinajstić information content (AvgIpc) is 1.61. The molecule has 0 aliphatic carbocycles. The van der Waals surface area contributed by atoms with E-state index in [2.05, 4.69) is 308 Å². The van der Waals surface area contributed by atoms with Gasteiger partial charge in [0.15, 0.2) is 17.5 Å². The van der Waals surface area contributed by atoms with Gasteiger partial charge >= 0.3 is 0 Å². The molecule has 0 aliphatic rings. The zero-order chi connectivity index (χ0) is 61.7. The monoisotopic (exact) mass is 1140 g/mol. The van der Waals surface area contributed by atoms with Gasteiger partial charge < -0.3 is 13.7 Å². The van der Waals surface area contributed by atoms with Crippen LogP contribution in [0.25, 0.3) is 117 Å². The molecule has 0 atom stereocenters. The number of fused-ring (bicyclic) bond motifs is 9. The molecule has 0 N–H and O–H groups in total. The topological polar surface area (TPSA) is 53.5 Å². The number of nitrogens with zero attached hydrogens (tertiary/aromatic N) is 6. The second-order valence-corrected chi connectivity index (χ2v) is 30.8. The number of aromatic nitrogens is 6. The van der Waals surface area contributed by atoms with Gasteiger partial charge in [-0.05, 0) is 151 Å². The Hall–Kier alpha value is -8.61. The molecule has 4 heterocycles. The molecule has 6 heteroatoms. The zero-order valence-corrected chi connectivity index (χ0v) is 54.5. The quantitative estimate of drug-likeness (QED) is 0.167. The lowest BCUT2D eigenvalue weighted by atomic mass is 9.85. The van der Waals surface area contributed by atoms with Gasteiger partial charge in [0.2, 0.25) is 0 Å². The van der Waals surface area contributed by atoms with Gasteiger partial charge in [-0.3, -0.25) is 0 Å². The summed E-state index contributed by atoms with van der Waals surface area (Å²) in [7, 11) is 0. The van der Waals surface area contributed by atoms with Crippen LogP contribution in [0.3, 0.4) is 0 Å². The molecular weight excluding hydrogens is 1060 g/mol. The van der Waals surface area contributed by atoms with Gasteiger partial charge in [-0.25, -0.2) is 15.0 Å². The molecule has 4 aromatic heterocycles. The highest BCUT2D eigenvalue weighted by Gasteiger charge is 2.31. The third kappa shape index (κ3) is 10.0. The molecule has 0 bridgehead atoms. The van der Waals surface area contributed by atoms with Gasteiger partial charge in [-0.1, -0.05) is 222 Å². The van der Waals surface area contributed by atoms with E-state index in [1.807, 2.05) is 12.1 Å². The number of hydrogen-bond donors (Lipinski definition) is 0. The lowest BCUT2D eigenvalue weighted by molar-refractivity contribution is 0.590. The van der Waals surface area contributed by atoms with Crippen molar-refractivity contribution in [2.75, 3.05) is 0 Å². The van der Waals surface area contributed by atoms with Crippen LogP contribution in [0, 0.1) is 0 Å². The summed E-state index contributed by atoms with van der Waals surface area (Å²) in [4.78, 5) is 16.4. The van der Waals surface area contributed by atoms with Crippen LogP contribution in [0.5, 0.6) is 0 Å². The molecule has 0 fully saturated rings. The van der Waals surface area contributed by atoms with E-state index in [-0.39, 0.29) is 32.5 Å². The standard InChI is InChI=1S/C81H84N6/c1-76(2,3)52-29-35-64-58(43-52)59-44-53(77(4,5)6)30-36-65(59)85(64)70-41-51(75-83-73(49-25-21-19-22-26-49)82-74(84-75)50-27-23-20-24-28-50)42-71(86-66-37-31-54(78(7,8)9)45-60(66)61-46-55(79(10,11)12)32-38-67(61)86)72(70)87-68-39-33-56(80(13,14)15)47-62(68)63-48-57(81(16,17)18)34-40-69(63)87/h19-48H,1-18H3. The maximum Gasteiger partial charge on any atom is 0.164 e. The van der Waals surface area contributed by atoms with Crippen molar-refractivity contribution >= 4 is 65.4 Å². The largest absolute Gasteiger partial charge is 0.307 e. The first kappa shape index (κ1) is 57.5. The number of hydrogen-bond acceptors (Lipinski definition) is 3. The van der Waals surface area contributed by atoms with Crippen LogP contribution in [0.2, 0.25) is 0 Å². The number of benzene rings is 9. The first-order valence-corrected chi connectivity index (χ1v) is 31.3. The SMILES string of the molecule is CC(C)(C)c1ccc2c(c1)c1cc(C(C)(C)C)ccc1n2-c1cc(-c2nc(-c3ccccc3)nc(-c3ccccc3)n2)cc(-n2c3ccc(C(C)(C)C)cc3c3cc(C(C)(C)C)ccc32)c1-n1c2ccc(C(C)(C)C)cc2c2cc(C(C)(C)C)ccc21. The van der Waals surface area contributed by atoms with E-state index < -0.39 is 0 Å².